The number of nitrogens with one attached hydrogen (secondary N) is 1. The molecule has 0 fully saturated rings. The van der Waals surface area contributed by atoms with Gasteiger partial charge in [-0.1, -0.05) is 19.9 Å². The van der Waals surface area contributed by atoms with Crippen molar-refractivity contribution >= 4 is 5.91 Å². The van der Waals surface area contributed by atoms with Crippen molar-refractivity contribution in [2.45, 2.75) is 84.8 Å². The van der Waals surface area contributed by atoms with Gasteiger partial charge in [0.05, 0.1) is 0 Å². The molecule has 0 spiro atoms. The number of aryl methyl sites for hydroxylation is 1. The summed E-state index contributed by atoms with van der Waals surface area (Å²) in [6.45, 7) is 12.0. The summed E-state index contributed by atoms with van der Waals surface area (Å²) in [4.78, 5) is 12.1. The molecule has 1 amide bonds. The molecule has 0 aliphatic rings. The number of hydrogen-bond acceptors (Lipinski definition) is 3. The highest BCUT2D eigenvalue weighted by Gasteiger charge is 2.29. The van der Waals surface area contributed by atoms with E-state index in [9.17, 15) is 26.7 Å². The van der Waals surface area contributed by atoms with Crippen molar-refractivity contribution in [2.24, 2.45) is 0 Å². The van der Waals surface area contributed by atoms with Gasteiger partial charge in [-0.2, -0.15) is 0 Å². The highest BCUT2D eigenvalue weighted by molar-refractivity contribution is 5.94. The highest BCUT2D eigenvalue weighted by atomic mass is 19.2. The fourth-order valence-electron chi connectivity index (χ4n) is 3.20. The van der Waals surface area contributed by atoms with Crippen LogP contribution in [0.25, 0.3) is 0 Å². The Morgan fingerprint density at radius 2 is 1.33 bits per heavy atom. The Morgan fingerprint density at radius 1 is 0.806 bits per heavy atom. The molecule has 2 rings (SSSR count). The molecule has 1 N–H and O–H groups in total. The Bertz CT molecular complexity index is 1060. The summed E-state index contributed by atoms with van der Waals surface area (Å²) in [5, 5.41) is 2.22. The highest BCUT2D eigenvalue weighted by Crippen LogP contribution is 2.32. The van der Waals surface area contributed by atoms with Crippen molar-refractivity contribution in [2.75, 3.05) is 6.54 Å². The van der Waals surface area contributed by atoms with Crippen molar-refractivity contribution in [3.63, 3.8) is 0 Å². The maximum absolute atomic E-state index is 13.8. The van der Waals surface area contributed by atoms with Crippen LogP contribution in [0.3, 0.4) is 0 Å². The Hall–Kier alpha value is -2.84. The van der Waals surface area contributed by atoms with Gasteiger partial charge < -0.3 is 14.8 Å². The van der Waals surface area contributed by atoms with Gasteiger partial charge in [0.25, 0.3) is 5.91 Å². The number of carbonyl (C=O) groups is 1. The number of ether oxygens (including phenoxy) is 2. The molecular formula is C27H34F5NO3. The Kier molecular flexibility index (Phi) is 9.74. The van der Waals surface area contributed by atoms with Crippen LogP contribution in [-0.2, 0) is 6.42 Å². The molecule has 0 bridgehead atoms. The normalized spacial score (nSPS) is 12.0. The molecule has 200 valence electrons. The number of amides is 1. The second kappa shape index (κ2) is 11.9. The molecule has 0 radical (unpaired) electrons. The predicted molar refractivity (Wildman–Crippen MR) is 128 cm³/mol. The number of hydrogen-bond donors (Lipinski definition) is 1. The maximum Gasteiger partial charge on any atom is 0.257 e. The molecule has 0 aliphatic heterocycles. The number of carbonyl (C=O) groups excluding carboxylic acids is 1. The summed E-state index contributed by atoms with van der Waals surface area (Å²) in [6, 6.07) is 5.63. The average Bonchev–Trinajstić information content (AvgIpc) is 2.82. The topological polar surface area (TPSA) is 47.6 Å². The number of rotatable bonds is 12. The van der Waals surface area contributed by atoms with Crippen molar-refractivity contribution in [3.8, 4) is 11.5 Å². The Morgan fingerprint density at radius 3 is 1.89 bits per heavy atom. The van der Waals surface area contributed by atoms with E-state index < -0.39 is 46.2 Å². The molecule has 9 heteroatoms. The molecule has 0 saturated heterocycles. The second-order valence-electron chi connectivity index (χ2n) is 9.86. The first-order valence-corrected chi connectivity index (χ1v) is 12.0. The van der Waals surface area contributed by atoms with Crippen molar-refractivity contribution in [1.82, 2.24) is 5.32 Å². The monoisotopic (exact) mass is 515 g/mol. The van der Waals surface area contributed by atoms with E-state index in [2.05, 4.69) is 5.32 Å². The summed E-state index contributed by atoms with van der Waals surface area (Å²) in [5.74, 6) is -10.9. The number of halogens is 5. The molecule has 0 aromatic heterocycles. The van der Waals surface area contributed by atoms with Gasteiger partial charge in [-0.05, 0) is 71.4 Å². The molecule has 36 heavy (non-hydrogen) atoms. The van der Waals surface area contributed by atoms with Crippen LogP contribution in [0.1, 0.15) is 83.1 Å². The van der Waals surface area contributed by atoms with Gasteiger partial charge in [0.15, 0.2) is 23.3 Å². The molecule has 0 atom stereocenters. The zero-order valence-electron chi connectivity index (χ0n) is 21.6. The van der Waals surface area contributed by atoms with Gasteiger partial charge in [0.1, 0.15) is 28.3 Å². The first-order chi connectivity index (χ1) is 16.7. The van der Waals surface area contributed by atoms with Crippen LogP contribution in [0.15, 0.2) is 18.2 Å². The van der Waals surface area contributed by atoms with E-state index in [0.717, 1.165) is 18.4 Å². The summed E-state index contributed by atoms with van der Waals surface area (Å²) < 4.78 is 79.8. The minimum atomic E-state index is -2.31. The SMILES string of the molecule is CCC(C)(C)Oc1ccc(CCCCNC(=O)c2c(F)c(F)c(F)c(F)c2F)c(OC(C)(C)CC)c1. The van der Waals surface area contributed by atoms with E-state index in [1.165, 1.54) is 0 Å². The van der Waals surface area contributed by atoms with Crippen LogP contribution < -0.4 is 14.8 Å². The van der Waals surface area contributed by atoms with Crippen molar-refractivity contribution in [1.29, 1.82) is 0 Å². The number of unbranched alkanes of at least 4 members (excludes halogenated alkanes) is 1. The zero-order valence-corrected chi connectivity index (χ0v) is 21.6. The fourth-order valence-corrected chi connectivity index (χ4v) is 3.20. The zero-order chi connectivity index (χ0) is 27.3. The van der Waals surface area contributed by atoms with Crippen LogP contribution in [0.4, 0.5) is 22.0 Å². The first kappa shape index (κ1) is 29.4. The van der Waals surface area contributed by atoms with Gasteiger partial charge in [-0.3, -0.25) is 4.79 Å². The summed E-state index contributed by atoms with van der Waals surface area (Å²) in [6.07, 6.45) is 3.15. The lowest BCUT2D eigenvalue weighted by molar-refractivity contribution is 0.0934. The Labute approximate surface area is 209 Å². The first-order valence-electron chi connectivity index (χ1n) is 12.0. The minimum Gasteiger partial charge on any atom is -0.488 e. The van der Waals surface area contributed by atoms with Crippen LogP contribution in [0.5, 0.6) is 11.5 Å². The largest absolute Gasteiger partial charge is 0.488 e. The van der Waals surface area contributed by atoms with E-state index in [-0.39, 0.29) is 12.1 Å². The molecule has 0 heterocycles. The lowest BCUT2D eigenvalue weighted by Crippen LogP contribution is -2.28. The quantitative estimate of drug-likeness (QED) is 0.140. The molecule has 0 saturated carbocycles. The predicted octanol–water partition coefficient (Wildman–Crippen LogP) is 7.27. The molecule has 0 aliphatic carbocycles. The van der Waals surface area contributed by atoms with E-state index in [4.69, 9.17) is 9.47 Å². The smallest absolute Gasteiger partial charge is 0.257 e. The van der Waals surface area contributed by atoms with E-state index in [1.807, 2.05) is 59.7 Å². The number of benzene rings is 2. The summed E-state index contributed by atoms with van der Waals surface area (Å²) >= 11 is 0. The van der Waals surface area contributed by atoms with Crippen LogP contribution >= 0.6 is 0 Å². The average molecular weight is 516 g/mol. The standard InChI is InChI=1S/C27H34F5NO3/c1-7-26(3,4)35-17-13-12-16(18(15-17)36-27(5,6)8-2)11-9-10-14-33-25(34)19-20(28)22(30)24(32)23(31)21(19)29/h12-13,15H,7-11,14H2,1-6H3,(H,33,34). The second-order valence-corrected chi connectivity index (χ2v) is 9.86. The van der Waals surface area contributed by atoms with E-state index in [1.54, 1.807) is 0 Å². The molecule has 0 unspecified atom stereocenters. The fraction of sp³-hybridized carbons (Fsp3) is 0.519. The minimum absolute atomic E-state index is 0.0130. The maximum atomic E-state index is 13.8. The summed E-state index contributed by atoms with van der Waals surface area (Å²) in [5.41, 5.74) is -1.32. The van der Waals surface area contributed by atoms with Gasteiger partial charge in [-0.25, -0.2) is 22.0 Å². The molecular weight excluding hydrogens is 481 g/mol. The van der Waals surface area contributed by atoms with E-state index >= 15 is 0 Å². The van der Waals surface area contributed by atoms with Gasteiger partial charge in [-0.15, -0.1) is 0 Å². The van der Waals surface area contributed by atoms with Crippen LogP contribution in [-0.4, -0.2) is 23.7 Å². The van der Waals surface area contributed by atoms with Crippen LogP contribution in [0, 0.1) is 29.1 Å². The van der Waals surface area contributed by atoms with Crippen molar-refractivity contribution in [3.05, 3.63) is 58.4 Å². The van der Waals surface area contributed by atoms with Crippen LogP contribution in [0.2, 0.25) is 0 Å². The van der Waals surface area contributed by atoms with Gasteiger partial charge in [0, 0.05) is 12.6 Å². The van der Waals surface area contributed by atoms with E-state index in [0.29, 0.717) is 30.8 Å². The third kappa shape index (κ3) is 7.34. The third-order valence-electron chi connectivity index (χ3n) is 6.12. The molecule has 2 aromatic carbocycles. The lowest BCUT2D eigenvalue weighted by atomic mass is 10.0. The Balaban J connectivity index is 2.05. The third-order valence-corrected chi connectivity index (χ3v) is 6.12. The molecule has 2 aromatic rings. The van der Waals surface area contributed by atoms with Gasteiger partial charge in [0.2, 0.25) is 5.82 Å². The van der Waals surface area contributed by atoms with Gasteiger partial charge >= 0.3 is 0 Å². The van der Waals surface area contributed by atoms with Crippen molar-refractivity contribution < 1.29 is 36.2 Å². The summed E-state index contributed by atoms with van der Waals surface area (Å²) in [7, 11) is 0. The molecule has 4 nitrogen and oxygen atoms in total. The lowest BCUT2D eigenvalue weighted by Gasteiger charge is -2.29.